The first-order valence-corrected chi connectivity index (χ1v) is 5.28. The second kappa shape index (κ2) is 3.62. The number of hydrogen-bond acceptors (Lipinski definition) is 2. The van der Waals surface area contributed by atoms with Crippen LogP contribution in [0.25, 0.3) is 0 Å². The molecule has 2 aliphatic heterocycles. The van der Waals surface area contributed by atoms with Crippen molar-refractivity contribution in [3.63, 3.8) is 0 Å². The highest BCUT2D eigenvalue weighted by atomic mass is 16.1. The van der Waals surface area contributed by atoms with E-state index in [4.69, 9.17) is 0 Å². The number of fused-ring (bicyclic) bond motifs is 3. The van der Waals surface area contributed by atoms with Crippen molar-refractivity contribution in [2.45, 2.75) is 38.6 Å². The summed E-state index contributed by atoms with van der Waals surface area (Å²) in [6.45, 7) is 2.97. The van der Waals surface area contributed by atoms with Gasteiger partial charge >= 0.3 is 0 Å². The van der Waals surface area contributed by atoms with Crippen LogP contribution in [0.3, 0.4) is 0 Å². The lowest BCUT2D eigenvalue weighted by atomic mass is 9.89. The standard InChI is InChI=1S/C11H17NO/c1-2-11(13)10-6-5-9-4-3-8(10)7-12-9/h6,8-9,12H,2-5,7H2,1H3. The molecule has 2 unspecified atom stereocenters. The Hall–Kier alpha value is -0.630. The summed E-state index contributed by atoms with van der Waals surface area (Å²) in [4.78, 5) is 11.6. The highest BCUT2D eigenvalue weighted by Gasteiger charge is 2.28. The highest BCUT2D eigenvalue weighted by Crippen LogP contribution is 2.29. The fourth-order valence-corrected chi connectivity index (χ4v) is 2.36. The normalized spacial score (nSPS) is 32.5. The quantitative estimate of drug-likeness (QED) is 0.698. The third kappa shape index (κ3) is 1.68. The molecule has 1 fully saturated rings. The maximum Gasteiger partial charge on any atom is 0.158 e. The SMILES string of the molecule is CCC(=O)C1=CCC2CCC1CN2. The molecule has 3 aliphatic rings. The van der Waals surface area contributed by atoms with Crippen LogP contribution in [0, 0.1) is 5.92 Å². The fourth-order valence-electron chi connectivity index (χ4n) is 2.36. The lowest BCUT2D eigenvalue weighted by molar-refractivity contribution is -0.115. The van der Waals surface area contributed by atoms with Crippen molar-refractivity contribution in [2.24, 2.45) is 5.92 Å². The van der Waals surface area contributed by atoms with Gasteiger partial charge < -0.3 is 5.32 Å². The van der Waals surface area contributed by atoms with Gasteiger partial charge in [0.15, 0.2) is 5.78 Å². The van der Waals surface area contributed by atoms with Crippen LogP contribution in [0.2, 0.25) is 0 Å². The topological polar surface area (TPSA) is 29.1 Å². The van der Waals surface area contributed by atoms with Gasteiger partial charge in [0.05, 0.1) is 0 Å². The molecule has 1 saturated heterocycles. The molecule has 0 saturated carbocycles. The maximum absolute atomic E-state index is 11.6. The summed E-state index contributed by atoms with van der Waals surface area (Å²) in [6.07, 6.45) is 6.33. The van der Waals surface area contributed by atoms with Crippen molar-refractivity contribution in [2.75, 3.05) is 6.54 Å². The third-order valence-corrected chi connectivity index (χ3v) is 3.22. The van der Waals surface area contributed by atoms with Crippen LogP contribution in [0.1, 0.15) is 32.6 Å². The highest BCUT2D eigenvalue weighted by molar-refractivity contribution is 5.95. The summed E-state index contributed by atoms with van der Waals surface area (Å²) in [5, 5.41) is 3.49. The maximum atomic E-state index is 11.6. The van der Waals surface area contributed by atoms with Gasteiger partial charge in [-0.2, -0.15) is 0 Å². The van der Waals surface area contributed by atoms with E-state index >= 15 is 0 Å². The van der Waals surface area contributed by atoms with Crippen molar-refractivity contribution in [1.82, 2.24) is 5.32 Å². The van der Waals surface area contributed by atoms with E-state index < -0.39 is 0 Å². The predicted molar refractivity (Wildman–Crippen MR) is 52.5 cm³/mol. The molecule has 2 atom stereocenters. The molecular weight excluding hydrogens is 162 g/mol. The molecule has 2 nitrogen and oxygen atoms in total. The van der Waals surface area contributed by atoms with Crippen LogP contribution in [0.15, 0.2) is 11.6 Å². The van der Waals surface area contributed by atoms with E-state index in [1.54, 1.807) is 0 Å². The van der Waals surface area contributed by atoms with Gasteiger partial charge in [-0.3, -0.25) is 4.79 Å². The number of piperidine rings is 1. The summed E-state index contributed by atoms with van der Waals surface area (Å²) < 4.78 is 0. The summed E-state index contributed by atoms with van der Waals surface area (Å²) in [7, 11) is 0. The monoisotopic (exact) mass is 179 g/mol. The molecule has 3 rings (SSSR count). The Morgan fingerprint density at radius 2 is 2.46 bits per heavy atom. The average molecular weight is 179 g/mol. The molecule has 0 aromatic heterocycles. The van der Waals surface area contributed by atoms with Crippen LogP contribution in [-0.2, 0) is 4.79 Å². The number of nitrogens with one attached hydrogen (secondary N) is 1. The molecule has 1 aliphatic carbocycles. The summed E-state index contributed by atoms with van der Waals surface area (Å²) in [5.41, 5.74) is 1.11. The number of carbonyl (C=O) groups is 1. The van der Waals surface area contributed by atoms with Crippen LogP contribution in [0.4, 0.5) is 0 Å². The van der Waals surface area contributed by atoms with Crippen LogP contribution >= 0.6 is 0 Å². The molecule has 13 heavy (non-hydrogen) atoms. The fraction of sp³-hybridized carbons (Fsp3) is 0.727. The molecule has 0 spiro atoms. The van der Waals surface area contributed by atoms with Crippen molar-refractivity contribution in [1.29, 1.82) is 0 Å². The van der Waals surface area contributed by atoms with Gasteiger partial charge in [0, 0.05) is 19.0 Å². The number of rotatable bonds is 2. The molecule has 0 radical (unpaired) electrons. The lowest BCUT2D eigenvalue weighted by Crippen LogP contribution is -2.37. The first kappa shape index (κ1) is 8.95. The minimum Gasteiger partial charge on any atom is -0.313 e. The molecule has 2 bridgehead atoms. The van der Waals surface area contributed by atoms with Gasteiger partial charge in [-0.05, 0) is 30.8 Å². The van der Waals surface area contributed by atoms with Gasteiger partial charge in [-0.25, -0.2) is 0 Å². The number of hydrogen-bond donors (Lipinski definition) is 1. The van der Waals surface area contributed by atoms with Gasteiger partial charge in [0.1, 0.15) is 0 Å². The Morgan fingerprint density at radius 1 is 1.62 bits per heavy atom. The van der Waals surface area contributed by atoms with E-state index in [9.17, 15) is 4.79 Å². The molecule has 2 heterocycles. The molecule has 2 heteroatoms. The second-order valence-electron chi connectivity index (χ2n) is 4.05. The Balaban J connectivity index is 2.17. The first-order chi connectivity index (χ1) is 6.31. The van der Waals surface area contributed by atoms with E-state index in [0.29, 0.717) is 24.2 Å². The Bertz CT molecular complexity index is 236. The van der Waals surface area contributed by atoms with Crippen molar-refractivity contribution >= 4 is 5.78 Å². The van der Waals surface area contributed by atoms with Gasteiger partial charge in [-0.15, -0.1) is 0 Å². The molecular formula is C11H17NO. The predicted octanol–water partition coefficient (Wildman–Crippen LogP) is 1.66. The second-order valence-corrected chi connectivity index (χ2v) is 4.05. The minimum absolute atomic E-state index is 0.356. The zero-order valence-corrected chi connectivity index (χ0v) is 8.18. The summed E-state index contributed by atoms with van der Waals surface area (Å²) in [6, 6.07) is 0.637. The number of Topliss-reactive ketones (excluding diaryl/α,β-unsaturated/α-hetero) is 1. The Kier molecular flexibility index (Phi) is 2.49. The van der Waals surface area contributed by atoms with E-state index in [1.165, 1.54) is 12.8 Å². The largest absolute Gasteiger partial charge is 0.313 e. The summed E-state index contributed by atoms with van der Waals surface area (Å²) in [5.74, 6) is 0.862. The first-order valence-electron chi connectivity index (χ1n) is 5.28. The molecule has 0 amide bonds. The molecule has 0 aromatic rings. The van der Waals surface area contributed by atoms with Crippen LogP contribution in [-0.4, -0.2) is 18.4 Å². The smallest absolute Gasteiger partial charge is 0.158 e. The zero-order chi connectivity index (χ0) is 9.26. The number of carbonyl (C=O) groups excluding carboxylic acids is 1. The average Bonchev–Trinajstić information content (AvgIpc) is 2.49. The van der Waals surface area contributed by atoms with E-state index in [2.05, 4.69) is 11.4 Å². The van der Waals surface area contributed by atoms with E-state index in [-0.39, 0.29) is 0 Å². The summed E-state index contributed by atoms with van der Waals surface area (Å²) >= 11 is 0. The molecule has 0 aromatic carbocycles. The number of ketones is 1. The van der Waals surface area contributed by atoms with Crippen LogP contribution in [0.5, 0.6) is 0 Å². The van der Waals surface area contributed by atoms with Gasteiger partial charge in [0.2, 0.25) is 0 Å². The Morgan fingerprint density at radius 3 is 3.08 bits per heavy atom. The van der Waals surface area contributed by atoms with Crippen molar-refractivity contribution < 1.29 is 4.79 Å². The zero-order valence-electron chi connectivity index (χ0n) is 8.18. The molecule has 72 valence electrons. The molecule has 1 N–H and O–H groups in total. The van der Waals surface area contributed by atoms with Gasteiger partial charge in [-0.1, -0.05) is 13.0 Å². The van der Waals surface area contributed by atoms with Crippen LogP contribution < -0.4 is 5.32 Å². The lowest BCUT2D eigenvalue weighted by Gasteiger charge is -2.26. The van der Waals surface area contributed by atoms with Gasteiger partial charge in [0.25, 0.3) is 0 Å². The van der Waals surface area contributed by atoms with E-state index in [1.807, 2.05) is 6.92 Å². The van der Waals surface area contributed by atoms with E-state index in [0.717, 1.165) is 18.5 Å². The van der Waals surface area contributed by atoms with Crippen molar-refractivity contribution in [3.8, 4) is 0 Å². The van der Waals surface area contributed by atoms with Crippen molar-refractivity contribution in [3.05, 3.63) is 11.6 Å². The third-order valence-electron chi connectivity index (χ3n) is 3.22. The minimum atomic E-state index is 0.356. The Labute approximate surface area is 79.4 Å².